The van der Waals surface area contributed by atoms with Gasteiger partial charge in [0.15, 0.2) is 0 Å². The number of ether oxygens (including phenoxy) is 1. The number of benzene rings is 1. The predicted molar refractivity (Wildman–Crippen MR) is 76.4 cm³/mol. The lowest BCUT2D eigenvalue weighted by Gasteiger charge is -2.33. The third-order valence-corrected chi connectivity index (χ3v) is 3.88. The van der Waals surface area contributed by atoms with Crippen molar-refractivity contribution in [3.63, 3.8) is 0 Å². The maximum atomic E-state index is 5.89. The Kier molecular flexibility index (Phi) is 3.85. The molecule has 1 atom stereocenters. The molecular formula is C16H20N2O2. The normalized spacial score (nSPS) is 20.2. The van der Waals surface area contributed by atoms with E-state index in [0.717, 1.165) is 37.7 Å². The van der Waals surface area contributed by atoms with Crippen LogP contribution in [0.3, 0.4) is 0 Å². The molecular weight excluding hydrogens is 252 g/mol. The van der Waals surface area contributed by atoms with Crippen molar-refractivity contribution in [1.82, 2.24) is 10.1 Å². The fraction of sp³-hybridized carbons (Fsp3) is 0.438. The molecule has 0 unspecified atom stereocenters. The molecule has 0 radical (unpaired) electrons. The van der Waals surface area contributed by atoms with Crippen LogP contribution in [0, 0.1) is 13.8 Å². The summed E-state index contributed by atoms with van der Waals surface area (Å²) in [6, 6.07) is 10.4. The molecule has 2 aromatic rings. The molecule has 1 fully saturated rings. The Hall–Kier alpha value is -1.65. The summed E-state index contributed by atoms with van der Waals surface area (Å²) in [5.74, 6) is 0.922. The van der Waals surface area contributed by atoms with Gasteiger partial charge in [-0.2, -0.15) is 0 Å². The van der Waals surface area contributed by atoms with Gasteiger partial charge >= 0.3 is 0 Å². The fourth-order valence-corrected chi connectivity index (χ4v) is 2.67. The zero-order valence-corrected chi connectivity index (χ0v) is 12.0. The minimum Gasteiger partial charge on any atom is -0.371 e. The molecule has 3 rings (SSSR count). The number of aromatic nitrogens is 1. The highest BCUT2D eigenvalue weighted by molar-refractivity contribution is 5.21. The van der Waals surface area contributed by atoms with E-state index in [1.165, 1.54) is 11.1 Å². The molecule has 1 saturated heterocycles. The van der Waals surface area contributed by atoms with E-state index in [2.05, 4.69) is 34.3 Å². The van der Waals surface area contributed by atoms with Gasteiger partial charge in [-0.15, -0.1) is 0 Å². The lowest BCUT2D eigenvalue weighted by atomic mass is 10.1. The maximum absolute atomic E-state index is 5.89. The Balaban J connectivity index is 1.70. The average Bonchev–Trinajstić information content (AvgIpc) is 2.80. The van der Waals surface area contributed by atoms with Crippen molar-refractivity contribution in [1.29, 1.82) is 0 Å². The van der Waals surface area contributed by atoms with E-state index < -0.39 is 0 Å². The molecule has 4 heteroatoms. The molecule has 1 aliphatic rings. The standard InChI is InChI=1S/C16H20N2O2/c1-12-15(13(2)20-17-12)10-18-8-9-19-16(11-18)14-6-4-3-5-7-14/h3-7,16H,8-11H2,1-2H3/t16-/m1/s1. The molecule has 2 heterocycles. The van der Waals surface area contributed by atoms with Crippen LogP contribution in [-0.2, 0) is 11.3 Å². The Morgan fingerprint density at radius 1 is 1.25 bits per heavy atom. The summed E-state index contributed by atoms with van der Waals surface area (Å²) in [7, 11) is 0. The zero-order chi connectivity index (χ0) is 13.9. The van der Waals surface area contributed by atoms with Gasteiger partial charge in [0.1, 0.15) is 5.76 Å². The third-order valence-electron chi connectivity index (χ3n) is 3.88. The van der Waals surface area contributed by atoms with E-state index in [9.17, 15) is 0 Å². The van der Waals surface area contributed by atoms with Crippen molar-refractivity contribution in [3.8, 4) is 0 Å². The van der Waals surface area contributed by atoms with Gasteiger partial charge in [-0.25, -0.2) is 0 Å². The fourth-order valence-electron chi connectivity index (χ4n) is 2.67. The largest absolute Gasteiger partial charge is 0.371 e. The van der Waals surface area contributed by atoms with Crippen molar-refractivity contribution >= 4 is 0 Å². The highest BCUT2D eigenvalue weighted by atomic mass is 16.5. The minimum atomic E-state index is 0.158. The summed E-state index contributed by atoms with van der Waals surface area (Å²) in [6.45, 7) is 7.49. The van der Waals surface area contributed by atoms with Crippen LogP contribution < -0.4 is 0 Å². The van der Waals surface area contributed by atoms with Crippen molar-refractivity contribution in [2.45, 2.75) is 26.5 Å². The molecule has 4 nitrogen and oxygen atoms in total. The summed E-state index contributed by atoms with van der Waals surface area (Å²) in [5.41, 5.74) is 3.44. The number of aryl methyl sites for hydroxylation is 2. The van der Waals surface area contributed by atoms with Crippen LogP contribution in [0.4, 0.5) is 0 Å². The van der Waals surface area contributed by atoms with Gasteiger partial charge in [0.05, 0.1) is 18.4 Å². The van der Waals surface area contributed by atoms with E-state index in [-0.39, 0.29) is 6.10 Å². The summed E-state index contributed by atoms with van der Waals surface area (Å²) in [6.07, 6.45) is 0.158. The summed E-state index contributed by atoms with van der Waals surface area (Å²) >= 11 is 0. The number of hydrogen-bond acceptors (Lipinski definition) is 4. The predicted octanol–water partition coefficient (Wildman–Crippen LogP) is 2.86. The van der Waals surface area contributed by atoms with Gasteiger partial charge in [-0.05, 0) is 19.4 Å². The first-order valence-corrected chi connectivity index (χ1v) is 7.04. The lowest BCUT2D eigenvalue weighted by Crippen LogP contribution is -2.38. The van der Waals surface area contributed by atoms with E-state index in [0.29, 0.717) is 0 Å². The molecule has 0 N–H and O–H groups in total. The Morgan fingerprint density at radius 3 is 2.75 bits per heavy atom. The topological polar surface area (TPSA) is 38.5 Å². The second-order valence-electron chi connectivity index (χ2n) is 5.31. The van der Waals surface area contributed by atoms with Crippen LogP contribution in [0.25, 0.3) is 0 Å². The molecule has 0 bridgehead atoms. The first-order chi connectivity index (χ1) is 9.74. The molecule has 0 aliphatic carbocycles. The summed E-state index contributed by atoms with van der Waals surface area (Å²) in [4.78, 5) is 2.41. The number of morpholine rings is 1. The maximum Gasteiger partial charge on any atom is 0.138 e. The van der Waals surface area contributed by atoms with Crippen molar-refractivity contribution in [2.75, 3.05) is 19.7 Å². The van der Waals surface area contributed by atoms with Crippen LogP contribution in [0.1, 0.15) is 28.7 Å². The molecule has 1 aromatic carbocycles. The van der Waals surface area contributed by atoms with E-state index in [4.69, 9.17) is 9.26 Å². The first-order valence-electron chi connectivity index (χ1n) is 7.04. The second kappa shape index (κ2) is 5.77. The Morgan fingerprint density at radius 2 is 2.05 bits per heavy atom. The number of nitrogens with zero attached hydrogens (tertiary/aromatic N) is 2. The van der Waals surface area contributed by atoms with Gasteiger partial charge in [0.25, 0.3) is 0 Å². The van der Waals surface area contributed by atoms with Gasteiger partial charge in [-0.1, -0.05) is 35.5 Å². The molecule has 0 spiro atoms. The van der Waals surface area contributed by atoms with Crippen molar-refractivity contribution in [3.05, 3.63) is 52.9 Å². The molecule has 1 aliphatic heterocycles. The number of rotatable bonds is 3. The van der Waals surface area contributed by atoms with Gasteiger partial charge in [-0.3, -0.25) is 4.90 Å². The second-order valence-corrected chi connectivity index (χ2v) is 5.31. The van der Waals surface area contributed by atoms with E-state index in [1.807, 2.05) is 19.9 Å². The van der Waals surface area contributed by atoms with Crippen LogP contribution in [0.2, 0.25) is 0 Å². The van der Waals surface area contributed by atoms with E-state index in [1.54, 1.807) is 0 Å². The lowest BCUT2D eigenvalue weighted by molar-refractivity contribution is -0.0330. The van der Waals surface area contributed by atoms with Crippen molar-refractivity contribution < 1.29 is 9.26 Å². The Labute approximate surface area is 119 Å². The van der Waals surface area contributed by atoms with Crippen LogP contribution in [0.15, 0.2) is 34.9 Å². The zero-order valence-electron chi connectivity index (χ0n) is 12.0. The van der Waals surface area contributed by atoms with Crippen molar-refractivity contribution in [2.24, 2.45) is 0 Å². The van der Waals surface area contributed by atoms with Crippen LogP contribution >= 0.6 is 0 Å². The average molecular weight is 272 g/mol. The minimum absolute atomic E-state index is 0.158. The van der Waals surface area contributed by atoms with Crippen LogP contribution in [0.5, 0.6) is 0 Å². The molecule has 0 saturated carbocycles. The van der Waals surface area contributed by atoms with E-state index >= 15 is 0 Å². The van der Waals surface area contributed by atoms with Gasteiger partial charge in [0.2, 0.25) is 0 Å². The Bertz CT molecular complexity index is 546. The highest BCUT2D eigenvalue weighted by Crippen LogP contribution is 2.24. The smallest absolute Gasteiger partial charge is 0.138 e. The quantitative estimate of drug-likeness (QED) is 0.861. The number of hydrogen-bond donors (Lipinski definition) is 0. The van der Waals surface area contributed by atoms with Gasteiger partial charge < -0.3 is 9.26 Å². The SMILES string of the molecule is Cc1noc(C)c1CN1CCO[C@@H](c2ccccc2)C1. The van der Waals surface area contributed by atoms with Crippen LogP contribution in [-0.4, -0.2) is 29.8 Å². The first kappa shape index (κ1) is 13.3. The third kappa shape index (κ3) is 2.76. The molecule has 0 amide bonds. The molecule has 20 heavy (non-hydrogen) atoms. The van der Waals surface area contributed by atoms with Gasteiger partial charge in [0, 0.05) is 25.2 Å². The monoisotopic (exact) mass is 272 g/mol. The molecule has 1 aromatic heterocycles. The summed E-state index contributed by atoms with van der Waals surface area (Å²) < 4.78 is 11.1. The molecule has 106 valence electrons. The highest BCUT2D eigenvalue weighted by Gasteiger charge is 2.23. The summed E-state index contributed by atoms with van der Waals surface area (Å²) in [5, 5.41) is 4.03.